The molecule has 0 saturated heterocycles. The maximum Gasteiger partial charge on any atom is 0.116 e. The van der Waals surface area contributed by atoms with Crippen LogP contribution in [0.4, 0.5) is 5.69 Å². The Hall–Kier alpha value is -1.85. The Morgan fingerprint density at radius 2 is 2.05 bits per heavy atom. The van der Waals surface area contributed by atoms with E-state index in [9.17, 15) is 13.9 Å². The average molecular weight is 288 g/mol. The second-order valence-corrected chi connectivity index (χ2v) is 5.74. The molecule has 2 aromatic rings. The van der Waals surface area contributed by atoms with Crippen molar-refractivity contribution in [1.82, 2.24) is 0 Å². The number of para-hydroxylation sites is 1. The minimum absolute atomic E-state index is 0.0326. The van der Waals surface area contributed by atoms with Gasteiger partial charge in [0, 0.05) is 23.7 Å². The van der Waals surface area contributed by atoms with Gasteiger partial charge in [-0.15, -0.1) is 0 Å². The van der Waals surface area contributed by atoms with Gasteiger partial charge < -0.3 is 14.6 Å². The van der Waals surface area contributed by atoms with Gasteiger partial charge in [-0.2, -0.15) is 0 Å². The molecule has 5 heteroatoms. The molecule has 104 valence electrons. The first kappa shape index (κ1) is 13.1. The van der Waals surface area contributed by atoms with Gasteiger partial charge in [-0.1, -0.05) is 24.3 Å². The Morgan fingerprint density at radius 3 is 2.85 bits per heavy atom. The normalized spacial score (nSPS) is 15.2. The van der Waals surface area contributed by atoms with Gasteiger partial charge in [0.25, 0.3) is 0 Å². The summed E-state index contributed by atoms with van der Waals surface area (Å²) in [6.07, 6.45) is 0.976. The number of anilines is 1. The summed E-state index contributed by atoms with van der Waals surface area (Å²) in [7, 11) is 0. The van der Waals surface area contributed by atoms with Crippen LogP contribution in [-0.4, -0.2) is 20.4 Å². The fourth-order valence-corrected chi connectivity index (χ4v) is 3.17. The fourth-order valence-electron chi connectivity index (χ4n) is 2.61. The van der Waals surface area contributed by atoms with Gasteiger partial charge >= 0.3 is 0 Å². The molecule has 0 fully saturated rings. The second kappa shape index (κ2) is 5.26. The standard InChI is InChI=1S/C15H15NO3S/c17-13-6-5-12(15(9-13)20(18)19)10-16-8-7-11-3-1-2-4-14(11)16/h1-6,9,17H,7-8,10H2,(H,18,19)/p-1. The molecular weight excluding hydrogens is 274 g/mol. The van der Waals surface area contributed by atoms with Gasteiger partial charge in [0.2, 0.25) is 0 Å². The highest BCUT2D eigenvalue weighted by Gasteiger charge is 2.19. The highest BCUT2D eigenvalue weighted by atomic mass is 32.2. The third kappa shape index (κ3) is 2.42. The lowest BCUT2D eigenvalue weighted by molar-refractivity contribution is 0.471. The molecule has 20 heavy (non-hydrogen) atoms. The largest absolute Gasteiger partial charge is 0.768 e. The monoisotopic (exact) mass is 288 g/mol. The number of benzene rings is 2. The van der Waals surface area contributed by atoms with Gasteiger partial charge in [-0.3, -0.25) is 4.21 Å². The average Bonchev–Trinajstić information content (AvgIpc) is 2.84. The zero-order chi connectivity index (χ0) is 14.1. The Morgan fingerprint density at radius 1 is 1.25 bits per heavy atom. The third-order valence-corrected chi connectivity index (χ3v) is 4.31. The quantitative estimate of drug-likeness (QED) is 0.879. The Labute approximate surface area is 120 Å². The highest BCUT2D eigenvalue weighted by molar-refractivity contribution is 7.79. The highest BCUT2D eigenvalue weighted by Crippen LogP contribution is 2.30. The maximum absolute atomic E-state index is 11.3. The number of aromatic hydroxyl groups is 1. The molecule has 0 bridgehead atoms. The maximum atomic E-state index is 11.3. The first-order valence-corrected chi connectivity index (χ1v) is 7.46. The topological polar surface area (TPSA) is 63.6 Å². The number of rotatable bonds is 3. The van der Waals surface area contributed by atoms with Gasteiger partial charge in [-0.05, 0) is 46.8 Å². The lowest BCUT2D eigenvalue weighted by atomic mass is 10.1. The summed E-state index contributed by atoms with van der Waals surface area (Å²) in [5, 5.41) is 9.42. The zero-order valence-corrected chi connectivity index (χ0v) is 11.6. The van der Waals surface area contributed by atoms with E-state index in [0.29, 0.717) is 12.1 Å². The van der Waals surface area contributed by atoms with Crippen LogP contribution in [0, 0.1) is 0 Å². The summed E-state index contributed by atoms with van der Waals surface area (Å²) in [5.41, 5.74) is 3.15. The minimum atomic E-state index is -2.35. The first-order chi connectivity index (χ1) is 9.65. The summed E-state index contributed by atoms with van der Waals surface area (Å²) in [4.78, 5) is 2.33. The zero-order valence-electron chi connectivity index (χ0n) is 10.8. The number of phenolic OH excluding ortho intramolecular Hbond substituents is 1. The SMILES string of the molecule is O=S([O-])c1cc(O)ccc1CN1CCc2ccccc21. The summed E-state index contributed by atoms with van der Waals surface area (Å²) >= 11 is -2.35. The van der Waals surface area contributed by atoms with Crippen molar-refractivity contribution >= 4 is 16.8 Å². The molecule has 0 spiro atoms. The predicted octanol–water partition coefficient (Wildman–Crippen LogP) is 2.19. The van der Waals surface area contributed by atoms with Crippen LogP contribution >= 0.6 is 0 Å². The van der Waals surface area contributed by atoms with E-state index in [0.717, 1.165) is 18.7 Å². The number of phenols is 1. The molecule has 4 nitrogen and oxygen atoms in total. The molecule has 0 amide bonds. The van der Waals surface area contributed by atoms with E-state index in [1.807, 2.05) is 12.1 Å². The molecule has 0 saturated carbocycles. The van der Waals surface area contributed by atoms with Gasteiger partial charge in [-0.25, -0.2) is 0 Å². The molecule has 0 radical (unpaired) electrons. The second-order valence-electron chi connectivity index (χ2n) is 4.83. The van der Waals surface area contributed by atoms with E-state index in [4.69, 9.17) is 0 Å². The first-order valence-electron chi connectivity index (χ1n) is 6.39. The van der Waals surface area contributed by atoms with Crippen LogP contribution in [0.1, 0.15) is 11.1 Å². The van der Waals surface area contributed by atoms with Crippen LogP contribution in [0.15, 0.2) is 47.4 Å². The van der Waals surface area contributed by atoms with E-state index in [2.05, 4.69) is 17.0 Å². The summed E-state index contributed by atoms with van der Waals surface area (Å²) in [6, 6.07) is 12.6. The van der Waals surface area contributed by atoms with Crippen LogP contribution < -0.4 is 4.90 Å². The van der Waals surface area contributed by atoms with Gasteiger partial charge in [0.1, 0.15) is 5.75 Å². The lowest BCUT2D eigenvalue weighted by Crippen LogP contribution is -2.20. The Bertz CT molecular complexity index is 672. The predicted molar refractivity (Wildman–Crippen MR) is 76.5 cm³/mol. The Balaban J connectivity index is 1.92. The van der Waals surface area contributed by atoms with Crippen molar-refractivity contribution in [3.8, 4) is 5.75 Å². The van der Waals surface area contributed by atoms with Crippen molar-refractivity contribution in [2.75, 3.05) is 11.4 Å². The number of hydrogen-bond acceptors (Lipinski definition) is 4. The van der Waals surface area contributed by atoms with Crippen molar-refractivity contribution in [1.29, 1.82) is 0 Å². The van der Waals surface area contributed by atoms with Crippen LogP contribution in [-0.2, 0) is 24.0 Å². The number of nitrogens with zero attached hydrogens (tertiary/aromatic N) is 1. The van der Waals surface area contributed by atoms with Gasteiger partial charge in [0.15, 0.2) is 0 Å². The molecule has 3 rings (SSSR count). The summed E-state index contributed by atoms with van der Waals surface area (Å²) in [5.74, 6) is -0.0326. The summed E-state index contributed by atoms with van der Waals surface area (Å²) in [6.45, 7) is 1.41. The third-order valence-electron chi connectivity index (χ3n) is 3.57. The molecule has 1 atom stereocenters. The molecule has 1 unspecified atom stereocenters. The van der Waals surface area contributed by atoms with Crippen molar-refractivity contribution in [2.24, 2.45) is 0 Å². The molecule has 1 aliphatic rings. The van der Waals surface area contributed by atoms with Crippen molar-refractivity contribution < 1.29 is 13.9 Å². The molecule has 1 heterocycles. The molecule has 0 aromatic heterocycles. The van der Waals surface area contributed by atoms with E-state index in [-0.39, 0.29) is 10.6 Å². The van der Waals surface area contributed by atoms with Crippen LogP contribution in [0.2, 0.25) is 0 Å². The number of fused-ring (bicyclic) bond motifs is 1. The van der Waals surface area contributed by atoms with E-state index >= 15 is 0 Å². The minimum Gasteiger partial charge on any atom is -0.768 e. The van der Waals surface area contributed by atoms with Crippen LogP contribution in [0.25, 0.3) is 0 Å². The molecule has 1 N–H and O–H groups in total. The van der Waals surface area contributed by atoms with Crippen molar-refractivity contribution in [3.63, 3.8) is 0 Å². The number of hydrogen-bond donors (Lipinski definition) is 1. The Kier molecular flexibility index (Phi) is 3.46. The fraction of sp³-hybridized carbons (Fsp3) is 0.200. The van der Waals surface area contributed by atoms with Crippen LogP contribution in [0.3, 0.4) is 0 Å². The van der Waals surface area contributed by atoms with Crippen molar-refractivity contribution in [3.05, 3.63) is 53.6 Å². The van der Waals surface area contributed by atoms with Crippen molar-refractivity contribution in [2.45, 2.75) is 17.9 Å². The van der Waals surface area contributed by atoms with Gasteiger partial charge in [0.05, 0.1) is 0 Å². The van der Waals surface area contributed by atoms with E-state index < -0.39 is 11.1 Å². The molecular formula is C15H14NO3S-. The molecule has 1 aliphatic heterocycles. The lowest BCUT2D eigenvalue weighted by Gasteiger charge is -2.22. The summed E-state index contributed by atoms with van der Waals surface area (Å²) < 4.78 is 22.5. The smallest absolute Gasteiger partial charge is 0.116 e. The van der Waals surface area contributed by atoms with E-state index in [1.165, 1.54) is 17.7 Å². The molecule has 2 aromatic carbocycles. The molecule has 0 aliphatic carbocycles. The van der Waals surface area contributed by atoms with E-state index in [1.54, 1.807) is 6.07 Å². The van der Waals surface area contributed by atoms with Crippen LogP contribution in [0.5, 0.6) is 5.75 Å².